The average molecular weight is 585 g/mol. The quantitative estimate of drug-likeness (QED) is 0.152. The van der Waals surface area contributed by atoms with Crippen LogP contribution in [0.2, 0.25) is 0 Å². The van der Waals surface area contributed by atoms with Crippen LogP contribution in [0.4, 0.5) is 0 Å². The first-order valence-corrected chi connectivity index (χ1v) is 14.4. The maximum Gasteiger partial charge on any atom is 0.239 e. The van der Waals surface area contributed by atoms with E-state index >= 15 is 0 Å². The SMILES string of the molecule is COc1c(-c2ccc(OCc3ccccc3)c(OCc3ccccc3)c2)oc2cc(C)cc(OCc3ccccc3)c2c1=O. The molecule has 0 aliphatic carbocycles. The monoisotopic (exact) mass is 584 g/mol. The highest BCUT2D eigenvalue weighted by molar-refractivity contribution is 5.88. The predicted molar refractivity (Wildman–Crippen MR) is 172 cm³/mol. The Bertz CT molecular complexity index is 1920. The Balaban J connectivity index is 1.38. The van der Waals surface area contributed by atoms with Crippen molar-refractivity contribution in [1.82, 2.24) is 0 Å². The van der Waals surface area contributed by atoms with Crippen LogP contribution in [-0.2, 0) is 19.8 Å². The normalized spacial score (nSPS) is 10.9. The van der Waals surface area contributed by atoms with Gasteiger partial charge in [0, 0.05) is 5.56 Å². The van der Waals surface area contributed by atoms with E-state index in [1.54, 1.807) is 0 Å². The summed E-state index contributed by atoms with van der Waals surface area (Å²) in [4.78, 5) is 13.9. The number of benzene rings is 5. The highest BCUT2D eigenvalue weighted by Gasteiger charge is 2.22. The summed E-state index contributed by atoms with van der Waals surface area (Å²) in [6.07, 6.45) is 0. The van der Waals surface area contributed by atoms with Crippen molar-refractivity contribution >= 4 is 11.0 Å². The van der Waals surface area contributed by atoms with E-state index in [-0.39, 0.29) is 11.2 Å². The van der Waals surface area contributed by atoms with Crippen molar-refractivity contribution in [1.29, 1.82) is 0 Å². The number of methoxy groups -OCH3 is 1. The van der Waals surface area contributed by atoms with E-state index in [1.807, 2.05) is 128 Å². The molecule has 0 bridgehead atoms. The smallest absolute Gasteiger partial charge is 0.239 e. The van der Waals surface area contributed by atoms with E-state index in [2.05, 4.69) is 0 Å². The summed E-state index contributed by atoms with van der Waals surface area (Å²) in [5.41, 5.74) is 4.65. The summed E-state index contributed by atoms with van der Waals surface area (Å²) < 4.78 is 30.7. The van der Waals surface area contributed by atoms with Gasteiger partial charge in [0.25, 0.3) is 0 Å². The van der Waals surface area contributed by atoms with Crippen LogP contribution in [0.1, 0.15) is 22.3 Å². The van der Waals surface area contributed by atoms with E-state index in [1.165, 1.54) is 7.11 Å². The molecule has 0 spiro atoms. The summed E-state index contributed by atoms with van der Waals surface area (Å²) in [6.45, 7) is 2.97. The fourth-order valence-corrected chi connectivity index (χ4v) is 4.97. The highest BCUT2D eigenvalue weighted by Crippen LogP contribution is 2.39. The van der Waals surface area contributed by atoms with Gasteiger partial charge in [-0.05, 0) is 59.5 Å². The molecule has 1 heterocycles. The summed E-state index contributed by atoms with van der Waals surface area (Å²) >= 11 is 0. The van der Waals surface area contributed by atoms with Crippen molar-refractivity contribution in [2.45, 2.75) is 26.7 Å². The first-order valence-electron chi connectivity index (χ1n) is 14.4. The zero-order valence-corrected chi connectivity index (χ0v) is 24.6. The highest BCUT2D eigenvalue weighted by atomic mass is 16.5. The third-order valence-electron chi connectivity index (χ3n) is 7.18. The minimum Gasteiger partial charge on any atom is -0.490 e. The molecular formula is C38H32O6. The Hall–Kier alpha value is -5.49. The zero-order valence-electron chi connectivity index (χ0n) is 24.6. The van der Waals surface area contributed by atoms with Gasteiger partial charge in [-0.25, -0.2) is 0 Å². The van der Waals surface area contributed by atoms with Crippen molar-refractivity contribution in [3.8, 4) is 34.3 Å². The molecule has 0 N–H and O–H groups in total. The fraction of sp³-hybridized carbons (Fsp3) is 0.132. The lowest BCUT2D eigenvalue weighted by molar-refractivity contribution is 0.256. The van der Waals surface area contributed by atoms with Gasteiger partial charge in [0.15, 0.2) is 17.3 Å². The molecule has 0 saturated heterocycles. The van der Waals surface area contributed by atoms with Gasteiger partial charge in [0.05, 0.1) is 7.11 Å². The van der Waals surface area contributed by atoms with Crippen LogP contribution < -0.4 is 24.4 Å². The molecule has 6 heteroatoms. The van der Waals surface area contributed by atoms with E-state index in [0.717, 1.165) is 22.3 Å². The van der Waals surface area contributed by atoms with E-state index in [0.29, 0.717) is 59.4 Å². The van der Waals surface area contributed by atoms with Gasteiger partial charge in [-0.3, -0.25) is 4.79 Å². The van der Waals surface area contributed by atoms with E-state index < -0.39 is 0 Å². The molecule has 0 aliphatic heterocycles. The van der Waals surface area contributed by atoms with E-state index in [9.17, 15) is 4.79 Å². The minimum atomic E-state index is -0.317. The molecule has 0 unspecified atom stereocenters. The molecule has 6 nitrogen and oxygen atoms in total. The summed E-state index contributed by atoms with van der Waals surface area (Å²) in [5.74, 6) is 1.91. The largest absolute Gasteiger partial charge is 0.490 e. The van der Waals surface area contributed by atoms with Crippen molar-refractivity contribution in [2.75, 3.05) is 7.11 Å². The molecule has 0 amide bonds. The Morgan fingerprint density at radius 3 is 1.66 bits per heavy atom. The lowest BCUT2D eigenvalue weighted by atomic mass is 10.1. The molecule has 44 heavy (non-hydrogen) atoms. The Morgan fingerprint density at radius 1 is 0.591 bits per heavy atom. The molecular weight excluding hydrogens is 552 g/mol. The molecule has 0 fully saturated rings. The number of hydrogen-bond donors (Lipinski definition) is 0. The molecule has 220 valence electrons. The van der Waals surface area contributed by atoms with Gasteiger partial charge in [0.1, 0.15) is 36.5 Å². The fourth-order valence-electron chi connectivity index (χ4n) is 4.97. The second-order valence-electron chi connectivity index (χ2n) is 10.4. The molecule has 1 aromatic heterocycles. The van der Waals surface area contributed by atoms with Crippen molar-refractivity contribution < 1.29 is 23.4 Å². The van der Waals surface area contributed by atoms with Crippen LogP contribution in [0.15, 0.2) is 131 Å². The van der Waals surface area contributed by atoms with Crippen LogP contribution in [0.3, 0.4) is 0 Å². The lowest BCUT2D eigenvalue weighted by Gasteiger charge is -2.16. The standard InChI is InChI=1S/C38H32O6/c1-26-20-33(43-25-29-16-10-5-11-17-29)35-34(21-26)44-37(38(40-2)36(35)39)30-18-19-31(41-23-27-12-6-3-7-13-27)32(22-30)42-24-28-14-8-4-9-15-28/h3-22H,23-25H2,1-2H3. The minimum absolute atomic E-state index is 0.0814. The summed E-state index contributed by atoms with van der Waals surface area (Å²) in [5, 5.41) is 0.329. The maximum atomic E-state index is 13.9. The van der Waals surface area contributed by atoms with Crippen molar-refractivity contribution in [3.63, 3.8) is 0 Å². The second kappa shape index (κ2) is 13.2. The third kappa shape index (κ3) is 6.45. The van der Waals surface area contributed by atoms with Gasteiger partial charge < -0.3 is 23.4 Å². The lowest BCUT2D eigenvalue weighted by Crippen LogP contribution is -2.10. The molecule has 0 saturated carbocycles. The first kappa shape index (κ1) is 28.6. The van der Waals surface area contributed by atoms with Crippen LogP contribution in [0, 0.1) is 6.92 Å². The van der Waals surface area contributed by atoms with Gasteiger partial charge in [-0.1, -0.05) is 91.0 Å². The topological polar surface area (TPSA) is 67.1 Å². The Morgan fingerprint density at radius 2 is 1.11 bits per heavy atom. The van der Waals surface area contributed by atoms with Crippen LogP contribution in [0.25, 0.3) is 22.3 Å². The summed E-state index contributed by atoms with van der Waals surface area (Å²) in [7, 11) is 1.46. The molecule has 0 radical (unpaired) electrons. The number of rotatable bonds is 11. The number of hydrogen-bond acceptors (Lipinski definition) is 6. The number of aryl methyl sites for hydroxylation is 1. The third-order valence-corrected chi connectivity index (χ3v) is 7.18. The van der Waals surface area contributed by atoms with Crippen LogP contribution >= 0.6 is 0 Å². The van der Waals surface area contributed by atoms with Crippen LogP contribution in [-0.4, -0.2) is 7.11 Å². The molecule has 6 aromatic rings. The molecule has 0 aliphatic rings. The number of ether oxygens (including phenoxy) is 4. The van der Waals surface area contributed by atoms with Gasteiger partial charge in [-0.15, -0.1) is 0 Å². The maximum absolute atomic E-state index is 13.9. The predicted octanol–water partition coefficient (Wildman–Crippen LogP) is 8.51. The van der Waals surface area contributed by atoms with Crippen molar-refractivity contribution in [2.24, 2.45) is 0 Å². The van der Waals surface area contributed by atoms with Gasteiger partial charge >= 0.3 is 0 Å². The zero-order chi connectivity index (χ0) is 30.3. The molecule has 5 aromatic carbocycles. The molecule has 0 atom stereocenters. The van der Waals surface area contributed by atoms with Gasteiger partial charge in [-0.2, -0.15) is 0 Å². The summed E-state index contributed by atoms with van der Waals surface area (Å²) in [6, 6.07) is 38.8. The average Bonchev–Trinajstić information content (AvgIpc) is 3.06. The Kier molecular flexibility index (Phi) is 8.60. The Labute approximate surface area is 256 Å². The number of fused-ring (bicyclic) bond motifs is 1. The van der Waals surface area contributed by atoms with Gasteiger partial charge in [0.2, 0.25) is 11.2 Å². The van der Waals surface area contributed by atoms with E-state index in [4.69, 9.17) is 23.4 Å². The van der Waals surface area contributed by atoms with Crippen LogP contribution in [0.5, 0.6) is 23.0 Å². The molecule has 6 rings (SSSR count). The first-order chi connectivity index (χ1) is 21.6. The van der Waals surface area contributed by atoms with Crippen molar-refractivity contribution in [3.05, 3.63) is 154 Å². The second-order valence-corrected chi connectivity index (χ2v) is 10.4.